The molecule has 4 heteroatoms. The first-order valence-corrected chi connectivity index (χ1v) is 5.35. The Morgan fingerprint density at radius 2 is 2.18 bits per heavy atom. The van der Waals surface area contributed by atoms with E-state index in [4.69, 9.17) is 5.26 Å². The highest BCUT2D eigenvalue weighted by Crippen LogP contribution is 2.18. The second kappa shape index (κ2) is 4.98. The van der Waals surface area contributed by atoms with E-state index < -0.39 is 5.60 Å². The summed E-state index contributed by atoms with van der Waals surface area (Å²) in [4.78, 5) is 11.2. The zero-order chi connectivity index (χ0) is 13.1. The average Bonchev–Trinajstić information content (AvgIpc) is 2.24. The number of nitrogens with one attached hydrogen (secondary N) is 1. The number of nitrogens with zero attached hydrogens (tertiary/aromatic N) is 1. The Morgan fingerprint density at radius 3 is 2.65 bits per heavy atom. The van der Waals surface area contributed by atoms with E-state index in [1.807, 2.05) is 6.07 Å². The van der Waals surface area contributed by atoms with Crippen LogP contribution in [0.5, 0.6) is 0 Å². The number of carbonyl (C=O) groups is 1. The van der Waals surface area contributed by atoms with Gasteiger partial charge in [0.2, 0.25) is 0 Å². The lowest BCUT2D eigenvalue weighted by molar-refractivity contribution is 0.0945. The Morgan fingerprint density at radius 1 is 1.53 bits per heavy atom. The molecule has 0 radical (unpaired) electrons. The largest absolute Gasteiger partial charge is 0.389 e. The predicted octanol–water partition coefficient (Wildman–Crippen LogP) is 1.94. The maximum absolute atomic E-state index is 11.2. The summed E-state index contributed by atoms with van der Waals surface area (Å²) in [5.74, 6) is -0.0548. The number of carbonyl (C=O) groups excluding carboxylic acids is 1. The summed E-state index contributed by atoms with van der Waals surface area (Å²) < 4.78 is 0. The van der Waals surface area contributed by atoms with E-state index in [2.05, 4.69) is 5.32 Å². The van der Waals surface area contributed by atoms with Gasteiger partial charge in [-0.05, 0) is 39.0 Å². The molecule has 0 spiro atoms. The third-order valence-corrected chi connectivity index (χ3v) is 2.26. The van der Waals surface area contributed by atoms with Crippen LogP contribution in [0.3, 0.4) is 0 Å². The summed E-state index contributed by atoms with van der Waals surface area (Å²) in [5.41, 5.74) is 0.697. The summed E-state index contributed by atoms with van der Waals surface area (Å²) in [6.07, 6.45) is 0. The van der Waals surface area contributed by atoms with Crippen LogP contribution in [0, 0.1) is 11.3 Å². The second-order valence-corrected chi connectivity index (χ2v) is 4.59. The van der Waals surface area contributed by atoms with E-state index >= 15 is 0 Å². The number of hydrogen-bond acceptors (Lipinski definition) is 4. The Hall–Kier alpha value is -1.86. The van der Waals surface area contributed by atoms with Gasteiger partial charge < -0.3 is 10.4 Å². The van der Waals surface area contributed by atoms with Crippen molar-refractivity contribution in [2.24, 2.45) is 0 Å². The van der Waals surface area contributed by atoms with E-state index in [1.165, 1.54) is 6.92 Å². The van der Waals surface area contributed by atoms with Crippen molar-refractivity contribution < 1.29 is 9.90 Å². The maximum atomic E-state index is 11.2. The second-order valence-electron chi connectivity index (χ2n) is 4.59. The number of nitriles is 1. The topological polar surface area (TPSA) is 73.1 Å². The van der Waals surface area contributed by atoms with Crippen LogP contribution in [0.4, 0.5) is 5.69 Å². The third-order valence-electron chi connectivity index (χ3n) is 2.26. The van der Waals surface area contributed by atoms with Gasteiger partial charge in [-0.3, -0.25) is 4.79 Å². The van der Waals surface area contributed by atoms with Gasteiger partial charge in [-0.25, -0.2) is 0 Å². The molecule has 1 rings (SSSR count). The summed E-state index contributed by atoms with van der Waals surface area (Å²) in [6, 6.07) is 6.90. The summed E-state index contributed by atoms with van der Waals surface area (Å²) in [7, 11) is 0. The number of anilines is 1. The Balaban J connectivity index is 2.99. The fourth-order valence-electron chi connectivity index (χ4n) is 1.32. The van der Waals surface area contributed by atoms with Crippen molar-refractivity contribution in [2.45, 2.75) is 26.4 Å². The molecule has 0 aliphatic carbocycles. The monoisotopic (exact) mass is 232 g/mol. The van der Waals surface area contributed by atoms with E-state index in [0.717, 1.165) is 0 Å². The SMILES string of the molecule is CC(=O)c1ccc(C#N)c(NCC(C)(C)O)c1. The summed E-state index contributed by atoms with van der Waals surface area (Å²) in [6.45, 7) is 5.12. The van der Waals surface area contributed by atoms with Gasteiger partial charge in [-0.15, -0.1) is 0 Å². The van der Waals surface area contributed by atoms with Crippen LogP contribution in [0.1, 0.15) is 36.7 Å². The molecule has 0 atom stereocenters. The highest BCUT2D eigenvalue weighted by atomic mass is 16.3. The highest BCUT2D eigenvalue weighted by molar-refractivity contribution is 5.95. The number of aliphatic hydroxyl groups is 1. The van der Waals surface area contributed by atoms with Crippen LogP contribution in [0.2, 0.25) is 0 Å². The first kappa shape index (κ1) is 13.2. The molecule has 4 nitrogen and oxygen atoms in total. The van der Waals surface area contributed by atoms with E-state index in [-0.39, 0.29) is 5.78 Å². The zero-order valence-electron chi connectivity index (χ0n) is 10.2. The standard InChI is InChI=1S/C13H16N2O2/c1-9(16)10-4-5-11(7-14)12(6-10)15-8-13(2,3)17/h4-6,15,17H,8H2,1-3H3. The molecule has 90 valence electrons. The number of Topliss-reactive ketones (excluding diaryl/α,β-unsaturated/α-hetero) is 1. The van der Waals surface area contributed by atoms with E-state index in [1.54, 1.807) is 32.0 Å². The van der Waals surface area contributed by atoms with Crippen molar-refractivity contribution in [3.8, 4) is 6.07 Å². The minimum absolute atomic E-state index is 0.0548. The predicted molar refractivity (Wildman–Crippen MR) is 65.9 cm³/mol. The molecular weight excluding hydrogens is 216 g/mol. The van der Waals surface area contributed by atoms with Crippen LogP contribution in [0.15, 0.2) is 18.2 Å². The lowest BCUT2D eigenvalue weighted by Crippen LogP contribution is -2.29. The Bertz CT molecular complexity index is 467. The molecule has 0 aliphatic rings. The minimum atomic E-state index is -0.876. The number of benzene rings is 1. The molecule has 0 amide bonds. The van der Waals surface area contributed by atoms with Crippen molar-refractivity contribution in [3.63, 3.8) is 0 Å². The molecule has 0 unspecified atom stereocenters. The Kier molecular flexibility index (Phi) is 3.87. The molecule has 17 heavy (non-hydrogen) atoms. The quantitative estimate of drug-likeness (QED) is 0.778. The first-order chi connectivity index (χ1) is 7.83. The number of hydrogen-bond donors (Lipinski definition) is 2. The molecule has 0 saturated heterocycles. The van der Waals surface area contributed by atoms with Gasteiger partial charge in [0.05, 0.1) is 16.9 Å². The van der Waals surface area contributed by atoms with Gasteiger partial charge in [-0.1, -0.05) is 0 Å². The van der Waals surface area contributed by atoms with Crippen LogP contribution in [-0.2, 0) is 0 Å². The summed E-state index contributed by atoms with van der Waals surface area (Å²) >= 11 is 0. The molecule has 0 fully saturated rings. The maximum Gasteiger partial charge on any atom is 0.159 e. The van der Waals surface area contributed by atoms with E-state index in [9.17, 15) is 9.90 Å². The molecule has 0 aliphatic heterocycles. The van der Waals surface area contributed by atoms with Gasteiger partial charge in [0.25, 0.3) is 0 Å². The van der Waals surface area contributed by atoms with Crippen LogP contribution < -0.4 is 5.32 Å². The van der Waals surface area contributed by atoms with Gasteiger partial charge in [0, 0.05) is 12.1 Å². The van der Waals surface area contributed by atoms with Crippen LogP contribution in [-0.4, -0.2) is 23.0 Å². The minimum Gasteiger partial charge on any atom is -0.389 e. The van der Waals surface area contributed by atoms with Gasteiger partial charge in [0.1, 0.15) is 6.07 Å². The normalized spacial score (nSPS) is 10.8. The molecule has 2 N–H and O–H groups in total. The van der Waals surface area contributed by atoms with Crippen molar-refractivity contribution >= 4 is 11.5 Å². The number of ketones is 1. The Labute approximate surface area is 101 Å². The van der Waals surface area contributed by atoms with Gasteiger partial charge in [-0.2, -0.15) is 5.26 Å². The molecule has 0 saturated carbocycles. The molecule has 0 bridgehead atoms. The van der Waals surface area contributed by atoms with Gasteiger partial charge in [0.15, 0.2) is 5.78 Å². The fraction of sp³-hybridized carbons (Fsp3) is 0.385. The van der Waals surface area contributed by atoms with E-state index in [0.29, 0.717) is 23.4 Å². The summed E-state index contributed by atoms with van der Waals surface area (Å²) in [5, 5.41) is 21.5. The molecule has 0 aromatic heterocycles. The van der Waals surface area contributed by atoms with Crippen molar-refractivity contribution in [2.75, 3.05) is 11.9 Å². The van der Waals surface area contributed by atoms with Crippen molar-refractivity contribution in [1.82, 2.24) is 0 Å². The smallest absolute Gasteiger partial charge is 0.159 e. The lowest BCUT2D eigenvalue weighted by Gasteiger charge is -2.19. The first-order valence-electron chi connectivity index (χ1n) is 5.35. The lowest BCUT2D eigenvalue weighted by atomic mass is 10.1. The molecule has 1 aromatic carbocycles. The molecular formula is C13H16N2O2. The third kappa shape index (κ3) is 3.89. The van der Waals surface area contributed by atoms with Crippen LogP contribution in [0.25, 0.3) is 0 Å². The molecule has 1 aromatic rings. The number of rotatable bonds is 4. The van der Waals surface area contributed by atoms with Crippen LogP contribution >= 0.6 is 0 Å². The highest BCUT2D eigenvalue weighted by Gasteiger charge is 2.13. The average molecular weight is 232 g/mol. The van der Waals surface area contributed by atoms with Gasteiger partial charge >= 0.3 is 0 Å². The van der Waals surface area contributed by atoms with Crippen molar-refractivity contribution in [1.29, 1.82) is 5.26 Å². The molecule has 0 heterocycles. The van der Waals surface area contributed by atoms with Crippen molar-refractivity contribution in [3.05, 3.63) is 29.3 Å². The zero-order valence-corrected chi connectivity index (χ0v) is 10.2. The fourth-order valence-corrected chi connectivity index (χ4v) is 1.32.